The van der Waals surface area contributed by atoms with Gasteiger partial charge in [-0.2, -0.15) is 10.2 Å². The normalized spacial score (nSPS) is 13.8. The molecule has 3 aromatic rings. The fourth-order valence-corrected chi connectivity index (χ4v) is 4.15. The number of esters is 1. The van der Waals surface area contributed by atoms with Crippen molar-refractivity contribution in [3.05, 3.63) is 65.1 Å². The van der Waals surface area contributed by atoms with Crippen LogP contribution in [0.2, 0.25) is 0 Å². The summed E-state index contributed by atoms with van der Waals surface area (Å²) in [5, 5.41) is 16.0. The average molecular weight is 458 g/mol. The maximum absolute atomic E-state index is 11.8. The number of methoxy groups -OCH3 is 1. The molecule has 4 rings (SSSR count). The number of ether oxygens (including phenoxy) is 1. The highest BCUT2D eigenvalue weighted by Gasteiger charge is 2.21. The summed E-state index contributed by atoms with van der Waals surface area (Å²) in [7, 11) is 1.37. The number of hydrogen-bond acceptors (Lipinski definition) is 9. The minimum atomic E-state index is -0.386. The smallest absolute Gasteiger partial charge is 0.339 e. The van der Waals surface area contributed by atoms with E-state index in [1.807, 2.05) is 38.1 Å². The maximum atomic E-state index is 11.8. The zero-order valence-electron chi connectivity index (χ0n) is 19.5. The Kier molecular flexibility index (Phi) is 6.87. The number of nitriles is 1. The zero-order valence-corrected chi connectivity index (χ0v) is 19.5. The second kappa shape index (κ2) is 10.2. The van der Waals surface area contributed by atoms with E-state index in [0.29, 0.717) is 22.9 Å². The molecule has 0 bridgehead atoms. The van der Waals surface area contributed by atoms with Gasteiger partial charge in [0.25, 0.3) is 0 Å². The minimum absolute atomic E-state index is 0.238. The number of piperidine rings is 1. The number of carbonyl (C=O) groups excluding carboxylic acids is 1. The molecule has 34 heavy (non-hydrogen) atoms. The van der Waals surface area contributed by atoms with Crippen molar-refractivity contribution in [2.75, 3.05) is 35.7 Å². The Bertz CT molecular complexity index is 1210. The number of pyridine rings is 1. The summed E-state index contributed by atoms with van der Waals surface area (Å²) in [5.74, 6) is 0.876. The van der Waals surface area contributed by atoms with Crippen molar-refractivity contribution in [1.29, 1.82) is 5.26 Å². The van der Waals surface area contributed by atoms with Crippen molar-refractivity contribution in [2.45, 2.75) is 32.7 Å². The molecule has 9 nitrogen and oxygen atoms in total. The van der Waals surface area contributed by atoms with Crippen LogP contribution < -0.4 is 15.5 Å². The Hall–Kier alpha value is -4.19. The Balaban J connectivity index is 1.38. The molecule has 0 radical (unpaired) electrons. The van der Waals surface area contributed by atoms with Crippen molar-refractivity contribution in [2.24, 2.45) is 0 Å². The molecular formula is C25H27N7O2. The van der Waals surface area contributed by atoms with E-state index in [1.54, 1.807) is 12.4 Å². The number of hydrogen-bond donors (Lipinski definition) is 2. The standard InChI is InChI=1S/C25H27N7O2/c1-16-10-18(13-26)11-17(2)23(16)30-22-4-7-28-25(31-22)29-20-5-8-32(9-6-20)21-12-19(14-27-15-21)24(33)34-3/h4,7,10-12,14-15,20H,5-6,8-9H2,1-3H3,(H2,28,29,30,31). The van der Waals surface area contributed by atoms with Crippen molar-refractivity contribution in [3.63, 3.8) is 0 Å². The van der Waals surface area contributed by atoms with Crippen LogP contribution in [0.4, 0.5) is 23.1 Å². The molecule has 0 atom stereocenters. The fraction of sp³-hybridized carbons (Fsp3) is 0.320. The number of nitrogens with zero attached hydrogens (tertiary/aromatic N) is 5. The van der Waals surface area contributed by atoms with Gasteiger partial charge in [0.1, 0.15) is 5.82 Å². The second-order valence-electron chi connectivity index (χ2n) is 8.32. The summed E-state index contributed by atoms with van der Waals surface area (Å²) in [6.45, 7) is 5.60. The van der Waals surface area contributed by atoms with Crippen LogP contribution in [0.25, 0.3) is 0 Å². The number of benzene rings is 1. The van der Waals surface area contributed by atoms with E-state index in [9.17, 15) is 4.79 Å². The third kappa shape index (κ3) is 5.23. The van der Waals surface area contributed by atoms with Gasteiger partial charge in [0, 0.05) is 37.2 Å². The summed E-state index contributed by atoms with van der Waals surface area (Å²) in [6.07, 6.45) is 6.81. The molecule has 0 spiro atoms. The van der Waals surface area contributed by atoms with Crippen molar-refractivity contribution in [1.82, 2.24) is 15.0 Å². The number of carbonyl (C=O) groups is 1. The molecular weight excluding hydrogens is 430 g/mol. The molecule has 0 amide bonds. The topological polar surface area (TPSA) is 116 Å². The molecule has 3 heterocycles. The fourth-order valence-electron chi connectivity index (χ4n) is 4.15. The molecule has 0 saturated carbocycles. The van der Waals surface area contributed by atoms with Crippen LogP contribution >= 0.6 is 0 Å². The molecule has 2 N–H and O–H groups in total. The molecule has 1 aromatic carbocycles. The summed E-state index contributed by atoms with van der Waals surface area (Å²) in [6, 6.07) is 9.79. The third-order valence-electron chi connectivity index (χ3n) is 5.91. The van der Waals surface area contributed by atoms with Gasteiger partial charge in [-0.15, -0.1) is 0 Å². The first-order valence-corrected chi connectivity index (χ1v) is 11.1. The van der Waals surface area contributed by atoms with Crippen LogP contribution in [0.5, 0.6) is 0 Å². The first-order valence-electron chi connectivity index (χ1n) is 11.1. The van der Waals surface area contributed by atoms with Gasteiger partial charge in [-0.3, -0.25) is 4.98 Å². The number of anilines is 4. The highest BCUT2D eigenvalue weighted by atomic mass is 16.5. The quantitative estimate of drug-likeness (QED) is 0.530. The van der Waals surface area contributed by atoms with Crippen LogP contribution in [0, 0.1) is 25.2 Å². The molecule has 1 aliphatic heterocycles. The van der Waals surface area contributed by atoms with E-state index in [4.69, 9.17) is 10.00 Å². The molecule has 174 valence electrons. The number of aromatic nitrogens is 3. The lowest BCUT2D eigenvalue weighted by Crippen LogP contribution is -2.39. The summed E-state index contributed by atoms with van der Waals surface area (Å²) in [4.78, 5) is 27.2. The van der Waals surface area contributed by atoms with Crippen molar-refractivity contribution in [3.8, 4) is 6.07 Å². The van der Waals surface area contributed by atoms with E-state index < -0.39 is 0 Å². The van der Waals surface area contributed by atoms with Crippen LogP contribution in [-0.2, 0) is 4.74 Å². The highest BCUT2D eigenvalue weighted by Crippen LogP contribution is 2.26. The van der Waals surface area contributed by atoms with Gasteiger partial charge in [0.15, 0.2) is 0 Å². The van der Waals surface area contributed by atoms with Gasteiger partial charge < -0.3 is 20.3 Å². The lowest BCUT2D eigenvalue weighted by atomic mass is 10.0. The highest BCUT2D eigenvalue weighted by molar-refractivity contribution is 5.90. The van der Waals surface area contributed by atoms with E-state index in [1.165, 1.54) is 13.3 Å². The Morgan fingerprint density at radius 3 is 2.59 bits per heavy atom. The molecule has 0 aliphatic carbocycles. The Morgan fingerprint density at radius 1 is 1.18 bits per heavy atom. The van der Waals surface area contributed by atoms with Gasteiger partial charge in [0.2, 0.25) is 5.95 Å². The number of nitrogens with one attached hydrogen (secondary N) is 2. The predicted molar refractivity (Wildman–Crippen MR) is 130 cm³/mol. The lowest BCUT2D eigenvalue weighted by molar-refractivity contribution is 0.0600. The van der Waals surface area contributed by atoms with Crippen LogP contribution in [0.1, 0.15) is 39.9 Å². The molecule has 2 aromatic heterocycles. The molecule has 0 unspecified atom stereocenters. The molecule has 1 aliphatic rings. The van der Waals surface area contributed by atoms with Crippen LogP contribution in [0.15, 0.2) is 42.9 Å². The maximum Gasteiger partial charge on any atom is 0.339 e. The zero-order chi connectivity index (χ0) is 24.1. The monoisotopic (exact) mass is 457 g/mol. The predicted octanol–water partition coefficient (Wildman–Crippen LogP) is 3.97. The van der Waals surface area contributed by atoms with Gasteiger partial charge in [-0.1, -0.05) is 0 Å². The van der Waals surface area contributed by atoms with E-state index in [0.717, 1.165) is 48.4 Å². The third-order valence-corrected chi connectivity index (χ3v) is 5.91. The van der Waals surface area contributed by atoms with E-state index in [2.05, 4.69) is 36.6 Å². The minimum Gasteiger partial charge on any atom is -0.465 e. The van der Waals surface area contributed by atoms with E-state index in [-0.39, 0.29) is 12.0 Å². The first kappa shape index (κ1) is 23.0. The van der Waals surface area contributed by atoms with Gasteiger partial charge in [0.05, 0.1) is 36.2 Å². The number of rotatable bonds is 6. The lowest BCUT2D eigenvalue weighted by Gasteiger charge is -2.33. The van der Waals surface area contributed by atoms with Crippen molar-refractivity contribution >= 4 is 29.1 Å². The summed E-state index contributed by atoms with van der Waals surface area (Å²) < 4.78 is 4.79. The largest absolute Gasteiger partial charge is 0.465 e. The molecule has 1 fully saturated rings. The van der Waals surface area contributed by atoms with Crippen LogP contribution in [-0.4, -0.2) is 47.2 Å². The molecule has 9 heteroatoms. The first-order chi connectivity index (χ1) is 16.5. The second-order valence-corrected chi connectivity index (χ2v) is 8.32. The average Bonchev–Trinajstić information content (AvgIpc) is 2.86. The Morgan fingerprint density at radius 2 is 1.91 bits per heavy atom. The van der Waals surface area contributed by atoms with Crippen LogP contribution in [0.3, 0.4) is 0 Å². The van der Waals surface area contributed by atoms with Gasteiger partial charge in [-0.25, -0.2) is 9.78 Å². The van der Waals surface area contributed by atoms with E-state index >= 15 is 0 Å². The summed E-state index contributed by atoms with van der Waals surface area (Å²) in [5.41, 5.74) is 4.93. The number of aryl methyl sites for hydroxylation is 2. The summed E-state index contributed by atoms with van der Waals surface area (Å²) >= 11 is 0. The van der Waals surface area contributed by atoms with Crippen molar-refractivity contribution < 1.29 is 9.53 Å². The Labute approximate surface area is 198 Å². The van der Waals surface area contributed by atoms with Gasteiger partial charge in [-0.05, 0) is 62.1 Å². The SMILES string of the molecule is COC(=O)c1cncc(N2CCC(Nc3nccc(Nc4c(C)cc(C#N)cc4C)n3)CC2)c1. The van der Waals surface area contributed by atoms with Gasteiger partial charge >= 0.3 is 5.97 Å². The molecule has 1 saturated heterocycles.